The number of rotatable bonds is 7. The van der Waals surface area contributed by atoms with Gasteiger partial charge in [-0.3, -0.25) is 0 Å². The van der Waals surface area contributed by atoms with Crippen molar-refractivity contribution >= 4 is 11.6 Å². The molecule has 0 aromatic heterocycles. The van der Waals surface area contributed by atoms with Gasteiger partial charge in [0.15, 0.2) is 6.17 Å². The summed E-state index contributed by atoms with van der Waals surface area (Å²) in [7, 11) is 0. The van der Waals surface area contributed by atoms with Crippen LogP contribution in [0.4, 0.5) is 22.0 Å². The number of benzene rings is 3. The maximum Gasteiger partial charge on any atom is 0.282 e. The van der Waals surface area contributed by atoms with Crippen LogP contribution in [0.25, 0.3) is 0 Å². The van der Waals surface area contributed by atoms with E-state index in [1.54, 1.807) is 0 Å². The van der Waals surface area contributed by atoms with Crippen LogP contribution in [0.2, 0.25) is 5.02 Å². The van der Waals surface area contributed by atoms with Crippen molar-refractivity contribution in [3.63, 3.8) is 0 Å². The van der Waals surface area contributed by atoms with Crippen LogP contribution in [0.1, 0.15) is 35.1 Å². The molecule has 30 heavy (non-hydrogen) atoms. The highest BCUT2D eigenvalue weighted by Crippen LogP contribution is 2.34. The Bertz CT molecular complexity index is 1000. The first kappa shape index (κ1) is 22.3. The van der Waals surface area contributed by atoms with Crippen LogP contribution in [0, 0.1) is 11.6 Å². The van der Waals surface area contributed by atoms with Gasteiger partial charge in [-0.2, -0.15) is 0 Å². The lowest BCUT2D eigenvalue weighted by atomic mass is 9.84. The van der Waals surface area contributed by atoms with Crippen molar-refractivity contribution in [2.75, 3.05) is 0 Å². The van der Waals surface area contributed by atoms with Gasteiger partial charge in [0.1, 0.15) is 11.6 Å². The lowest BCUT2D eigenvalue weighted by molar-refractivity contribution is -0.0638. The topological polar surface area (TPSA) is 0 Å². The van der Waals surface area contributed by atoms with E-state index in [2.05, 4.69) is 0 Å². The molecule has 0 amide bonds. The molecular weight excluding hydrogens is 419 g/mol. The number of hydrogen-bond acceptors (Lipinski definition) is 0. The van der Waals surface area contributed by atoms with Gasteiger partial charge in [-0.15, -0.1) is 0 Å². The van der Waals surface area contributed by atoms with Gasteiger partial charge in [0.05, 0.1) is 5.02 Å². The monoisotopic (exact) mass is 438 g/mol. The zero-order chi connectivity index (χ0) is 21.9. The van der Waals surface area contributed by atoms with Gasteiger partial charge in [-0.25, -0.2) is 22.0 Å². The van der Waals surface area contributed by atoms with E-state index in [1.807, 2.05) is 30.3 Å². The van der Waals surface area contributed by atoms with Crippen LogP contribution in [0.5, 0.6) is 0 Å². The normalized spacial score (nSPS) is 13.8. The average Bonchev–Trinajstić information content (AvgIpc) is 2.68. The molecule has 3 aromatic rings. The van der Waals surface area contributed by atoms with E-state index < -0.39 is 36.1 Å². The molecule has 0 N–H and O–H groups in total. The molecule has 0 nitrogen and oxygen atoms in total. The highest BCUT2D eigenvalue weighted by atomic mass is 35.5. The largest absolute Gasteiger partial charge is 0.282 e. The fourth-order valence-corrected chi connectivity index (χ4v) is 3.59. The van der Waals surface area contributed by atoms with Crippen LogP contribution < -0.4 is 0 Å². The van der Waals surface area contributed by atoms with Crippen molar-refractivity contribution in [1.29, 1.82) is 0 Å². The predicted octanol–water partition coefficient (Wildman–Crippen LogP) is 7.53. The first-order chi connectivity index (χ1) is 14.2. The molecule has 158 valence electrons. The van der Waals surface area contributed by atoms with Crippen molar-refractivity contribution in [3.05, 3.63) is 106 Å². The Labute approximate surface area is 177 Å². The Balaban J connectivity index is 2.05. The summed E-state index contributed by atoms with van der Waals surface area (Å²) in [6.45, 7) is 0.777. The quantitative estimate of drug-likeness (QED) is 0.334. The van der Waals surface area contributed by atoms with Crippen molar-refractivity contribution in [3.8, 4) is 0 Å². The van der Waals surface area contributed by atoms with E-state index in [4.69, 9.17) is 11.6 Å². The molecule has 6 heteroatoms. The second kappa shape index (κ2) is 9.17. The summed E-state index contributed by atoms with van der Waals surface area (Å²) in [5.41, 5.74) is 1.97. The average molecular weight is 439 g/mol. The van der Waals surface area contributed by atoms with Crippen LogP contribution in [0.3, 0.4) is 0 Å². The van der Waals surface area contributed by atoms with Crippen molar-refractivity contribution in [1.82, 2.24) is 0 Å². The standard InChI is InChI=1S/C24H20ClF5/c1-15(26)24(29,30)14-17-9-19(12-20(27)10-17)21(11-16-5-3-2-4-6-16)18-7-8-23(28)22(25)13-18/h2-10,12-13,15,21H,11,14H2,1H3/t15?,21-/m0/s1. The first-order valence-electron chi connectivity index (χ1n) is 9.46. The van der Waals surface area contributed by atoms with Gasteiger partial charge < -0.3 is 0 Å². The Hall–Kier alpha value is -2.40. The summed E-state index contributed by atoms with van der Waals surface area (Å²) in [6.07, 6.45) is -2.86. The van der Waals surface area contributed by atoms with Crippen LogP contribution >= 0.6 is 11.6 Å². The van der Waals surface area contributed by atoms with Crippen LogP contribution in [-0.2, 0) is 12.8 Å². The van der Waals surface area contributed by atoms with Crippen molar-refractivity contribution < 1.29 is 22.0 Å². The molecule has 0 aliphatic heterocycles. The smallest absolute Gasteiger partial charge is 0.241 e. The first-order valence-corrected chi connectivity index (χ1v) is 9.83. The molecule has 3 rings (SSSR count). The van der Waals surface area contributed by atoms with Crippen molar-refractivity contribution in [2.45, 2.75) is 37.8 Å². The zero-order valence-electron chi connectivity index (χ0n) is 16.2. The van der Waals surface area contributed by atoms with E-state index in [0.29, 0.717) is 17.5 Å². The summed E-state index contributed by atoms with van der Waals surface area (Å²) in [5.74, 6) is -5.36. The maximum atomic E-state index is 14.3. The fraction of sp³-hybridized carbons (Fsp3) is 0.250. The molecule has 0 aliphatic carbocycles. The van der Waals surface area contributed by atoms with Crippen LogP contribution in [0.15, 0.2) is 66.7 Å². The highest BCUT2D eigenvalue weighted by molar-refractivity contribution is 6.30. The molecule has 2 atom stereocenters. The number of halogens is 6. The third kappa shape index (κ3) is 5.39. The van der Waals surface area contributed by atoms with Crippen LogP contribution in [-0.4, -0.2) is 12.1 Å². The molecule has 0 bridgehead atoms. The third-order valence-electron chi connectivity index (χ3n) is 5.03. The van der Waals surface area contributed by atoms with Gasteiger partial charge in [0, 0.05) is 12.3 Å². The Kier molecular flexibility index (Phi) is 6.81. The molecule has 3 aromatic carbocycles. The molecule has 0 saturated heterocycles. The number of alkyl halides is 3. The molecule has 1 unspecified atom stereocenters. The highest BCUT2D eigenvalue weighted by Gasteiger charge is 2.37. The molecule has 0 saturated carbocycles. The third-order valence-corrected chi connectivity index (χ3v) is 5.32. The second-order valence-corrected chi connectivity index (χ2v) is 7.77. The Morgan fingerprint density at radius 2 is 1.57 bits per heavy atom. The molecule has 0 spiro atoms. The maximum absolute atomic E-state index is 14.3. The summed E-state index contributed by atoms with van der Waals surface area (Å²) in [6, 6.07) is 17.2. The summed E-state index contributed by atoms with van der Waals surface area (Å²) >= 11 is 5.94. The van der Waals surface area contributed by atoms with E-state index in [1.165, 1.54) is 30.3 Å². The van der Waals surface area contributed by atoms with Crippen molar-refractivity contribution in [2.24, 2.45) is 0 Å². The minimum atomic E-state index is -3.61. The summed E-state index contributed by atoms with van der Waals surface area (Å²) in [4.78, 5) is 0. The molecule has 0 radical (unpaired) electrons. The SMILES string of the molecule is CC(F)C(F)(F)Cc1cc(F)cc([C@@H](Cc2ccccc2)c2ccc(F)c(Cl)c2)c1. The minimum absolute atomic E-state index is 0.00855. The molecular formula is C24H20ClF5. The fourth-order valence-electron chi connectivity index (χ4n) is 3.40. The van der Waals surface area contributed by atoms with Gasteiger partial charge >= 0.3 is 0 Å². The molecule has 0 fully saturated rings. The minimum Gasteiger partial charge on any atom is -0.241 e. The lowest BCUT2D eigenvalue weighted by Gasteiger charge is -2.22. The van der Waals surface area contributed by atoms with Gasteiger partial charge in [0.25, 0.3) is 5.92 Å². The molecule has 0 aliphatic rings. The van der Waals surface area contributed by atoms with Gasteiger partial charge in [-0.1, -0.05) is 54.1 Å². The van der Waals surface area contributed by atoms with Gasteiger partial charge in [-0.05, 0) is 59.9 Å². The number of hydrogen-bond donors (Lipinski definition) is 0. The van der Waals surface area contributed by atoms with E-state index >= 15 is 0 Å². The second-order valence-electron chi connectivity index (χ2n) is 7.36. The van der Waals surface area contributed by atoms with E-state index in [9.17, 15) is 22.0 Å². The summed E-state index contributed by atoms with van der Waals surface area (Å²) in [5, 5.41) is -0.0834. The summed E-state index contributed by atoms with van der Waals surface area (Å²) < 4.78 is 69.1. The zero-order valence-corrected chi connectivity index (χ0v) is 16.9. The van der Waals surface area contributed by atoms with E-state index in [0.717, 1.165) is 18.6 Å². The molecule has 0 heterocycles. The van der Waals surface area contributed by atoms with Gasteiger partial charge in [0.2, 0.25) is 0 Å². The Morgan fingerprint density at radius 3 is 2.20 bits per heavy atom. The predicted molar refractivity (Wildman–Crippen MR) is 109 cm³/mol. The Morgan fingerprint density at radius 1 is 0.867 bits per heavy atom. The van der Waals surface area contributed by atoms with E-state index in [-0.39, 0.29) is 10.6 Å². The lowest BCUT2D eigenvalue weighted by Crippen LogP contribution is -2.30.